The Kier molecular flexibility index (Phi) is 7.91. The van der Waals surface area contributed by atoms with Crippen LogP contribution in [0.3, 0.4) is 0 Å². The van der Waals surface area contributed by atoms with Gasteiger partial charge in [-0.3, -0.25) is 9.69 Å². The van der Waals surface area contributed by atoms with Crippen molar-refractivity contribution in [2.75, 3.05) is 26.2 Å². The van der Waals surface area contributed by atoms with E-state index >= 15 is 0 Å². The first-order valence-electron chi connectivity index (χ1n) is 10.5. The van der Waals surface area contributed by atoms with Crippen molar-refractivity contribution in [3.8, 4) is 10.8 Å². The van der Waals surface area contributed by atoms with Gasteiger partial charge in [-0.25, -0.2) is 19.7 Å². The number of rotatable bonds is 7. The summed E-state index contributed by atoms with van der Waals surface area (Å²) < 4.78 is 5.18. The number of nitrogens with one attached hydrogen (secondary N) is 2. The highest BCUT2D eigenvalue weighted by Gasteiger charge is 2.26. The third-order valence-corrected chi connectivity index (χ3v) is 5.55. The minimum atomic E-state index is -0.537. The van der Waals surface area contributed by atoms with Crippen LogP contribution in [-0.2, 0) is 16.1 Å². The Balaban J connectivity index is 1.41. The van der Waals surface area contributed by atoms with E-state index in [4.69, 9.17) is 4.74 Å². The van der Waals surface area contributed by atoms with Gasteiger partial charge in [-0.2, -0.15) is 0 Å². The molecule has 9 nitrogen and oxygen atoms in total. The zero-order valence-electron chi connectivity index (χ0n) is 18.3. The number of hydrogen-bond donors (Lipinski definition) is 2. The molecule has 0 bridgehead atoms. The molecule has 0 aliphatic carbocycles. The highest BCUT2D eigenvalue weighted by atomic mass is 32.1. The normalized spacial score (nSPS) is 17.2. The summed E-state index contributed by atoms with van der Waals surface area (Å²) in [6.07, 6.45) is 4.77. The molecule has 1 atom stereocenters. The number of piperidine rings is 1. The molecule has 2 N–H and O–H groups in total. The van der Waals surface area contributed by atoms with Crippen molar-refractivity contribution in [3.05, 3.63) is 29.5 Å². The van der Waals surface area contributed by atoms with Gasteiger partial charge in [-0.15, -0.1) is 11.3 Å². The molecule has 1 unspecified atom stereocenters. The van der Waals surface area contributed by atoms with E-state index in [0.717, 1.165) is 30.1 Å². The summed E-state index contributed by atoms with van der Waals surface area (Å²) in [5, 5.41) is 8.40. The van der Waals surface area contributed by atoms with Crippen LogP contribution in [0.15, 0.2) is 23.8 Å². The Bertz CT molecular complexity index is 868. The molecule has 1 aliphatic rings. The van der Waals surface area contributed by atoms with Gasteiger partial charge in [0.1, 0.15) is 5.60 Å². The molecule has 0 radical (unpaired) electrons. The lowest BCUT2D eigenvalue weighted by Crippen LogP contribution is -2.44. The van der Waals surface area contributed by atoms with E-state index in [-0.39, 0.29) is 11.8 Å². The summed E-state index contributed by atoms with van der Waals surface area (Å²) in [5.74, 6) is 0.591. The van der Waals surface area contributed by atoms with Crippen LogP contribution in [-0.4, -0.2) is 63.6 Å². The van der Waals surface area contributed by atoms with Gasteiger partial charge in [0, 0.05) is 44.0 Å². The summed E-state index contributed by atoms with van der Waals surface area (Å²) in [4.78, 5) is 39.6. The molecule has 0 spiro atoms. The summed E-state index contributed by atoms with van der Waals surface area (Å²) in [6.45, 7) is 8.48. The van der Waals surface area contributed by atoms with Crippen molar-refractivity contribution in [3.63, 3.8) is 0 Å². The molecule has 2 aromatic heterocycles. The fourth-order valence-corrected chi connectivity index (χ4v) is 4.10. The predicted molar refractivity (Wildman–Crippen MR) is 118 cm³/mol. The topological polar surface area (TPSA) is 109 Å². The maximum Gasteiger partial charge on any atom is 0.407 e. The van der Waals surface area contributed by atoms with Gasteiger partial charge in [0.25, 0.3) is 0 Å². The molecule has 1 saturated heterocycles. The van der Waals surface area contributed by atoms with E-state index in [2.05, 4.69) is 30.5 Å². The minimum absolute atomic E-state index is 0.0207. The van der Waals surface area contributed by atoms with Crippen molar-refractivity contribution >= 4 is 23.3 Å². The van der Waals surface area contributed by atoms with Crippen LogP contribution in [0.2, 0.25) is 0 Å². The molecule has 168 valence electrons. The highest BCUT2D eigenvalue weighted by Crippen LogP contribution is 2.23. The Morgan fingerprint density at radius 1 is 1.23 bits per heavy atom. The molecule has 10 heteroatoms. The number of alkyl carbamates (subject to hydrolysis) is 1. The molecule has 3 heterocycles. The van der Waals surface area contributed by atoms with Crippen LogP contribution < -0.4 is 10.6 Å². The fraction of sp³-hybridized carbons (Fsp3) is 0.571. The first kappa shape index (κ1) is 23.1. The van der Waals surface area contributed by atoms with E-state index in [1.165, 1.54) is 11.3 Å². The second kappa shape index (κ2) is 10.6. The molecule has 1 fully saturated rings. The van der Waals surface area contributed by atoms with Crippen molar-refractivity contribution in [1.82, 2.24) is 30.5 Å². The number of likely N-dealkylation sites (tertiary alicyclic amines) is 1. The first-order valence-corrected chi connectivity index (χ1v) is 11.4. The zero-order chi connectivity index (χ0) is 22.3. The maximum atomic E-state index is 12.5. The van der Waals surface area contributed by atoms with Gasteiger partial charge >= 0.3 is 6.09 Å². The van der Waals surface area contributed by atoms with Crippen molar-refractivity contribution in [1.29, 1.82) is 0 Å². The van der Waals surface area contributed by atoms with Crippen LogP contribution in [0, 0.1) is 5.92 Å². The number of carbonyl (C=O) groups is 2. The lowest BCUT2D eigenvalue weighted by atomic mass is 9.97. The highest BCUT2D eigenvalue weighted by molar-refractivity contribution is 7.13. The first-order chi connectivity index (χ1) is 14.8. The van der Waals surface area contributed by atoms with Crippen molar-refractivity contribution < 1.29 is 14.3 Å². The van der Waals surface area contributed by atoms with E-state index in [0.29, 0.717) is 32.0 Å². The van der Waals surface area contributed by atoms with E-state index in [1.54, 1.807) is 18.5 Å². The lowest BCUT2D eigenvalue weighted by molar-refractivity contribution is -0.126. The van der Waals surface area contributed by atoms with E-state index < -0.39 is 11.7 Å². The van der Waals surface area contributed by atoms with E-state index in [9.17, 15) is 9.59 Å². The van der Waals surface area contributed by atoms with Gasteiger partial charge in [0.2, 0.25) is 5.91 Å². The Morgan fingerprint density at radius 2 is 1.97 bits per heavy atom. The Hall–Kier alpha value is -2.59. The standard InChI is InChI=1S/C21H30N6O3S/c1-21(2,3)30-20(29)25-10-9-24-18(28)15-6-4-11-27(12-15)13-16-14-31-19(26-16)17-22-7-5-8-23-17/h5,7-8,14-15H,4,6,9-13H2,1-3H3,(H,24,28)(H,25,29). The molecular formula is C21H30N6O3S. The van der Waals surface area contributed by atoms with Crippen molar-refractivity contribution in [2.45, 2.75) is 45.8 Å². The Labute approximate surface area is 186 Å². The second-order valence-electron chi connectivity index (χ2n) is 8.51. The summed E-state index contributed by atoms with van der Waals surface area (Å²) in [6, 6.07) is 1.78. The quantitative estimate of drug-likeness (QED) is 0.629. The van der Waals surface area contributed by atoms with Crippen molar-refractivity contribution in [2.24, 2.45) is 5.92 Å². The third kappa shape index (κ3) is 7.55. The molecule has 31 heavy (non-hydrogen) atoms. The molecule has 2 aromatic rings. The average Bonchev–Trinajstić information content (AvgIpc) is 3.19. The molecule has 0 aromatic carbocycles. The number of aromatic nitrogens is 3. The average molecular weight is 447 g/mol. The van der Waals surface area contributed by atoms with Crippen LogP contribution in [0.4, 0.5) is 4.79 Å². The molecule has 3 rings (SSSR count). The van der Waals surface area contributed by atoms with Crippen LogP contribution in [0.25, 0.3) is 10.8 Å². The number of carbonyl (C=O) groups excluding carboxylic acids is 2. The van der Waals surface area contributed by atoms with Crippen LogP contribution in [0.1, 0.15) is 39.3 Å². The van der Waals surface area contributed by atoms with Crippen LogP contribution >= 0.6 is 11.3 Å². The smallest absolute Gasteiger partial charge is 0.407 e. The molecular weight excluding hydrogens is 416 g/mol. The lowest BCUT2D eigenvalue weighted by Gasteiger charge is -2.31. The summed E-state index contributed by atoms with van der Waals surface area (Å²) in [7, 11) is 0. The fourth-order valence-electron chi connectivity index (χ4n) is 3.34. The second-order valence-corrected chi connectivity index (χ2v) is 9.37. The van der Waals surface area contributed by atoms with E-state index in [1.807, 2.05) is 26.2 Å². The number of ether oxygens (including phenoxy) is 1. The maximum absolute atomic E-state index is 12.5. The molecule has 0 saturated carbocycles. The number of nitrogens with zero attached hydrogens (tertiary/aromatic N) is 4. The minimum Gasteiger partial charge on any atom is -0.444 e. The predicted octanol–water partition coefficient (Wildman–Crippen LogP) is 2.45. The summed E-state index contributed by atoms with van der Waals surface area (Å²) >= 11 is 1.53. The van der Waals surface area contributed by atoms with Gasteiger partial charge < -0.3 is 15.4 Å². The molecule has 1 aliphatic heterocycles. The van der Waals surface area contributed by atoms with Gasteiger partial charge in [0.05, 0.1) is 11.6 Å². The van der Waals surface area contributed by atoms with Gasteiger partial charge in [-0.1, -0.05) is 0 Å². The monoisotopic (exact) mass is 446 g/mol. The number of thiazole rings is 1. The molecule has 2 amide bonds. The van der Waals surface area contributed by atoms with Crippen LogP contribution in [0.5, 0.6) is 0 Å². The van der Waals surface area contributed by atoms with Gasteiger partial charge in [-0.05, 0) is 46.2 Å². The summed E-state index contributed by atoms with van der Waals surface area (Å²) in [5.41, 5.74) is 0.431. The number of hydrogen-bond acceptors (Lipinski definition) is 8. The third-order valence-electron chi connectivity index (χ3n) is 4.66. The zero-order valence-corrected chi connectivity index (χ0v) is 19.1. The Morgan fingerprint density at radius 3 is 2.71 bits per heavy atom. The number of amides is 2. The SMILES string of the molecule is CC(C)(C)OC(=O)NCCNC(=O)C1CCCN(Cc2csc(-c3ncccn3)n2)C1. The van der Waals surface area contributed by atoms with Gasteiger partial charge in [0.15, 0.2) is 10.8 Å². The largest absolute Gasteiger partial charge is 0.444 e.